The SMILES string of the molecule is [2H]C1CCCC(Sc2ccccc2)=C1CC(=O)NCc1ccccc1. The molecule has 0 saturated heterocycles. The van der Waals surface area contributed by atoms with Crippen LogP contribution < -0.4 is 5.32 Å². The summed E-state index contributed by atoms with van der Waals surface area (Å²) >= 11 is 1.71. The van der Waals surface area contributed by atoms with Gasteiger partial charge in [0.15, 0.2) is 0 Å². The Morgan fingerprint density at radius 3 is 2.50 bits per heavy atom. The Morgan fingerprint density at radius 1 is 1.04 bits per heavy atom. The van der Waals surface area contributed by atoms with E-state index < -0.39 is 0 Å². The Morgan fingerprint density at radius 2 is 1.75 bits per heavy atom. The minimum atomic E-state index is -0.262. The molecule has 24 heavy (non-hydrogen) atoms. The molecule has 1 unspecified atom stereocenters. The molecule has 0 saturated carbocycles. The van der Waals surface area contributed by atoms with Gasteiger partial charge in [-0.3, -0.25) is 4.79 Å². The number of hydrogen-bond acceptors (Lipinski definition) is 2. The lowest BCUT2D eigenvalue weighted by Gasteiger charge is -2.20. The number of nitrogens with one attached hydrogen (secondary N) is 1. The summed E-state index contributed by atoms with van der Waals surface area (Å²) in [6.45, 7) is 0.538. The molecule has 0 fully saturated rings. The molecule has 1 atom stereocenters. The average molecular weight is 338 g/mol. The lowest BCUT2D eigenvalue weighted by Crippen LogP contribution is -2.23. The molecule has 0 aliphatic heterocycles. The molecule has 0 aromatic heterocycles. The lowest BCUT2D eigenvalue weighted by molar-refractivity contribution is -0.120. The maximum Gasteiger partial charge on any atom is 0.224 e. The van der Waals surface area contributed by atoms with Crippen molar-refractivity contribution >= 4 is 17.7 Å². The number of carbonyl (C=O) groups is 1. The van der Waals surface area contributed by atoms with Crippen LogP contribution in [-0.4, -0.2) is 5.91 Å². The van der Waals surface area contributed by atoms with Gasteiger partial charge in [-0.05, 0) is 48.3 Å². The summed E-state index contributed by atoms with van der Waals surface area (Å²) in [4.78, 5) is 14.8. The fraction of sp³-hybridized carbons (Fsp3) is 0.286. The molecule has 124 valence electrons. The van der Waals surface area contributed by atoms with Gasteiger partial charge in [-0.2, -0.15) is 0 Å². The Hall–Kier alpha value is -2.00. The first-order valence-corrected chi connectivity index (χ1v) is 9.21. The van der Waals surface area contributed by atoms with Crippen molar-refractivity contribution in [3.63, 3.8) is 0 Å². The molecule has 0 bridgehead atoms. The summed E-state index contributed by atoms with van der Waals surface area (Å²) in [6, 6.07) is 20.1. The number of amides is 1. The van der Waals surface area contributed by atoms with Crippen LogP contribution in [-0.2, 0) is 11.3 Å². The molecule has 2 nitrogen and oxygen atoms in total. The van der Waals surface area contributed by atoms with E-state index in [4.69, 9.17) is 1.37 Å². The molecule has 0 radical (unpaired) electrons. The summed E-state index contributed by atoms with van der Waals surface area (Å²) in [5.74, 6) is 0.00386. The van der Waals surface area contributed by atoms with E-state index in [0.717, 1.165) is 30.4 Å². The molecule has 2 aromatic carbocycles. The highest BCUT2D eigenvalue weighted by Gasteiger charge is 2.16. The molecule has 0 heterocycles. The van der Waals surface area contributed by atoms with E-state index in [1.807, 2.05) is 48.5 Å². The number of allylic oxidation sites excluding steroid dienone is 1. The van der Waals surface area contributed by atoms with Crippen molar-refractivity contribution < 1.29 is 6.17 Å². The zero-order chi connectivity index (χ0) is 17.5. The largest absolute Gasteiger partial charge is 0.352 e. The third kappa shape index (κ3) is 5.00. The van der Waals surface area contributed by atoms with Crippen LogP contribution in [0, 0.1) is 0 Å². The Balaban J connectivity index is 1.66. The fourth-order valence-corrected chi connectivity index (χ4v) is 3.87. The first-order chi connectivity index (χ1) is 12.2. The quantitative estimate of drug-likeness (QED) is 0.773. The predicted molar refractivity (Wildman–Crippen MR) is 101 cm³/mol. The smallest absolute Gasteiger partial charge is 0.224 e. The van der Waals surface area contributed by atoms with Crippen LogP contribution in [0.15, 0.2) is 76.0 Å². The van der Waals surface area contributed by atoms with Gasteiger partial charge in [0.2, 0.25) is 5.91 Å². The zero-order valence-electron chi connectivity index (χ0n) is 14.7. The zero-order valence-corrected chi connectivity index (χ0v) is 14.5. The van der Waals surface area contributed by atoms with Gasteiger partial charge in [0, 0.05) is 19.2 Å². The van der Waals surface area contributed by atoms with Crippen LogP contribution in [0.25, 0.3) is 0 Å². The maximum absolute atomic E-state index is 12.4. The highest BCUT2D eigenvalue weighted by Crippen LogP contribution is 2.38. The van der Waals surface area contributed by atoms with Gasteiger partial charge in [-0.1, -0.05) is 65.9 Å². The summed E-state index contributed by atoms with van der Waals surface area (Å²) in [5.41, 5.74) is 2.08. The number of hydrogen-bond donors (Lipinski definition) is 1. The number of rotatable bonds is 6. The molecular weight excluding hydrogens is 314 g/mol. The van der Waals surface area contributed by atoms with E-state index >= 15 is 0 Å². The molecule has 1 N–H and O–H groups in total. The average Bonchev–Trinajstić information content (AvgIpc) is 2.65. The van der Waals surface area contributed by atoms with Crippen molar-refractivity contribution in [2.45, 2.75) is 43.5 Å². The topological polar surface area (TPSA) is 29.1 Å². The van der Waals surface area contributed by atoms with Crippen molar-refractivity contribution in [3.05, 3.63) is 76.7 Å². The van der Waals surface area contributed by atoms with Crippen molar-refractivity contribution in [1.29, 1.82) is 0 Å². The van der Waals surface area contributed by atoms with E-state index in [-0.39, 0.29) is 12.3 Å². The second-order valence-electron chi connectivity index (χ2n) is 5.90. The monoisotopic (exact) mass is 338 g/mol. The van der Waals surface area contributed by atoms with E-state index in [1.165, 1.54) is 9.80 Å². The van der Waals surface area contributed by atoms with E-state index in [2.05, 4.69) is 17.4 Å². The molecule has 0 spiro atoms. The standard InChI is InChI=1S/C21H23NOS/c23-21(22-16-17-9-3-1-4-10-17)15-18-11-7-8-14-20(18)24-19-12-5-2-6-13-19/h1-6,9-10,12-13H,7-8,11,14-16H2,(H,22,23)/i11D. The summed E-state index contributed by atoms with van der Waals surface area (Å²) in [6.07, 6.45) is 2.91. The van der Waals surface area contributed by atoms with Crippen LogP contribution in [0.5, 0.6) is 0 Å². The van der Waals surface area contributed by atoms with Crippen LogP contribution in [0.3, 0.4) is 0 Å². The predicted octanol–water partition coefficient (Wildman–Crippen LogP) is 5.31. The first-order valence-electron chi connectivity index (χ1n) is 8.98. The van der Waals surface area contributed by atoms with Gasteiger partial charge in [0.25, 0.3) is 0 Å². The highest BCUT2D eigenvalue weighted by atomic mass is 32.2. The first kappa shape index (κ1) is 15.5. The van der Waals surface area contributed by atoms with Crippen LogP contribution in [0.4, 0.5) is 0 Å². The number of benzene rings is 2. The molecular formula is C21H23NOS. The van der Waals surface area contributed by atoms with Crippen LogP contribution in [0.1, 0.15) is 39.0 Å². The van der Waals surface area contributed by atoms with Crippen molar-refractivity contribution in [1.82, 2.24) is 5.32 Å². The van der Waals surface area contributed by atoms with Gasteiger partial charge in [-0.25, -0.2) is 0 Å². The second-order valence-corrected chi connectivity index (χ2v) is 7.07. The lowest BCUT2D eigenvalue weighted by atomic mass is 9.96. The van der Waals surface area contributed by atoms with Gasteiger partial charge in [0.1, 0.15) is 0 Å². The third-order valence-electron chi connectivity index (χ3n) is 4.02. The maximum atomic E-state index is 12.4. The Labute approximate surface area is 149 Å². The normalized spacial score (nSPS) is 18.2. The fourth-order valence-electron chi connectivity index (χ4n) is 2.76. The highest BCUT2D eigenvalue weighted by molar-refractivity contribution is 8.03. The van der Waals surface area contributed by atoms with E-state index in [1.54, 1.807) is 11.8 Å². The third-order valence-corrected chi connectivity index (χ3v) is 5.25. The molecule has 1 aliphatic rings. The van der Waals surface area contributed by atoms with E-state index in [0.29, 0.717) is 13.0 Å². The van der Waals surface area contributed by atoms with Gasteiger partial charge < -0.3 is 5.32 Å². The van der Waals surface area contributed by atoms with E-state index in [9.17, 15) is 4.79 Å². The second kappa shape index (κ2) is 8.74. The Kier molecular flexibility index (Phi) is 5.65. The Bertz CT molecular complexity index is 730. The van der Waals surface area contributed by atoms with Gasteiger partial charge in [0.05, 0.1) is 0 Å². The summed E-state index contributed by atoms with van der Waals surface area (Å²) in [5, 5.41) is 2.99. The minimum absolute atomic E-state index is 0.00386. The minimum Gasteiger partial charge on any atom is -0.352 e. The molecule has 1 aliphatic carbocycles. The van der Waals surface area contributed by atoms with Crippen LogP contribution in [0.2, 0.25) is 0 Å². The summed E-state index contributed by atoms with van der Waals surface area (Å²) in [7, 11) is 0. The summed E-state index contributed by atoms with van der Waals surface area (Å²) < 4.78 is 8.36. The molecule has 3 rings (SSSR count). The van der Waals surface area contributed by atoms with Crippen molar-refractivity contribution in [2.75, 3.05) is 0 Å². The molecule has 2 aromatic rings. The van der Waals surface area contributed by atoms with Gasteiger partial charge in [-0.15, -0.1) is 0 Å². The number of carbonyl (C=O) groups excluding carboxylic acids is 1. The number of thioether (sulfide) groups is 1. The van der Waals surface area contributed by atoms with Crippen molar-refractivity contribution in [2.24, 2.45) is 0 Å². The molecule has 3 heteroatoms. The van der Waals surface area contributed by atoms with Crippen molar-refractivity contribution in [3.8, 4) is 0 Å². The van der Waals surface area contributed by atoms with Crippen LogP contribution >= 0.6 is 11.8 Å². The molecule has 1 amide bonds. The van der Waals surface area contributed by atoms with Gasteiger partial charge >= 0.3 is 0 Å².